The van der Waals surface area contributed by atoms with Crippen molar-refractivity contribution in [1.82, 2.24) is 4.98 Å². The summed E-state index contributed by atoms with van der Waals surface area (Å²) in [5.74, 6) is 0.451. The molecule has 2 aliphatic heterocycles. The van der Waals surface area contributed by atoms with E-state index in [9.17, 15) is 0 Å². The van der Waals surface area contributed by atoms with Crippen LogP contribution in [0.3, 0.4) is 0 Å². The van der Waals surface area contributed by atoms with Gasteiger partial charge in [0.05, 0.1) is 11.2 Å². The Morgan fingerprint density at radius 3 is 2.27 bits per heavy atom. The Bertz CT molecular complexity index is 542. The van der Waals surface area contributed by atoms with Crippen LogP contribution in [-0.4, -0.2) is 36.5 Å². The molecule has 2 aliphatic rings. The van der Waals surface area contributed by atoms with Crippen molar-refractivity contribution in [3.8, 4) is 0 Å². The van der Waals surface area contributed by atoms with Crippen LogP contribution in [0.1, 0.15) is 52.1 Å². The topological polar surface area (TPSA) is 40.6 Å². The van der Waals surface area contributed by atoms with Crippen LogP contribution >= 0.6 is 15.9 Å². The molecule has 0 aromatic carbocycles. The van der Waals surface area contributed by atoms with Gasteiger partial charge in [0.15, 0.2) is 0 Å². The van der Waals surface area contributed by atoms with Crippen LogP contribution in [0.25, 0.3) is 0 Å². The first-order valence-corrected chi connectivity index (χ1v) is 8.68. The van der Waals surface area contributed by atoms with Gasteiger partial charge in [0, 0.05) is 24.8 Å². The molecule has 0 bridgehead atoms. The molecule has 0 amide bonds. The monoisotopic (exact) mass is 367 g/mol. The van der Waals surface area contributed by atoms with E-state index in [1.165, 1.54) is 0 Å². The molecule has 3 heterocycles. The van der Waals surface area contributed by atoms with Crippen molar-refractivity contribution in [3.63, 3.8) is 0 Å². The highest BCUT2D eigenvalue weighted by Gasteiger charge is 2.51. The quantitative estimate of drug-likeness (QED) is 0.595. The van der Waals surface area contributed by atoms with E-state index in [0.717, 1.165) is 41.8 Å². The molecule has 120 valence electrons. The largest absolute Gasteiger partial charge is 0.494 e. The molecular weight excluding hydrogens is 345 g/mol. The molecule has 0 aliphatic carbocycles. The lowest BCUT2D eigenvalue weighted by Crippen LogP contribution is -2.41. The van der Waals surface area contributed by atoms with E-state index < -0.39 is 0 Å². The van der Waals surface area contributed by atoms with Gasteiger partial charge in [-0.25, -0.2) is 4.98 Å². The fourth-order valence-electron chi connectivity index (χ4n) is 2.86. The summed E-state index contributed by atoms with van der Waals surface area (Å²) in [6.45, 7) is 9.91. The highest BCUT2D eigenvalue weighted by Crippen LogP contribution is 2.37. The summed E-state index contributed by atoms with van der Waals surface area (Å²) >= 11 is 3.53. The molecule has 0 unspecified atom stereocenters. The van der Waals surface area contributed by atoms with E-state index in [1.54, 1.807) is 0 Å². The van der Waals surface area contributed by atoms with Crippen molar-refractivity contribution in [2.75, 3.05) is 13.2 Å². The molecule has 2 saturated heterocycles. The lowest BCUT2D eigenvalue weighted by Gasteiger charge is -2.32. The fourth-order valence-corrected chi connectivity index (χ4v) is 3.32. The number of ether oxygens (including phenoxy) is 1. The molecule has 0 saturated carbocycles. The third-order valence-electron chi connectivity index (χ3n) is 5.00. The van der Waals surface area contributed by atoms with Gasteiger partial charge in [-0.15, -0.1) is 0 Å². The van der Waals surface area contributed by atoms with Gasteiger partial charge in [0.1, 0.15) is 4.60 Å². The zero-order valence-electron chi connectivity index (χ0n) is 13.7. The van der Waals surface area contributed by atoms with Crippen LogP contribution in [-0.2, 0) is 14.0 Å². The molecule has 2 fully saturated rings. The van der Waals surface area contributed by atoms with Gasteiger partial charge < -0.3 is 14.0 Å². The van der Waals surface area contributed by atoms with Crippen LogP contribution in [0.4, 0.5) is 0 Å². The average Bonchev–Trinajstić information content (AvgIpc) is 2.68. The van der Waals surface area contributed by atoms with Crippen molar-refractivity contribution in [2.45, 2.75) is 57.7 Å². The van der Waals surface area contributed by atoms with Gasteiger partial charge in [0.2, 0.25) is 0 Å². The molecule has 4 nitrogen and oxygen atoms in total. The van der Waals surface area contributed by atoms with Crippen molar-refractivity contribution in [3.05, 3.63) is 22.4 Å². The minimum Gasteiger partial charge on any atom is -0.399 e. The third kappa shape index (κ3) is 3.11. The van der Waals surface area contributed by atoms with E-state index in [4.69, 9.17) is 14.0 Å². The molecule has 1 aromatic heterocycles. The van der Waals surface area contributed by atoms with Gasteiger partial charge in [-0.3, -0.25) is 0 Å². The highest BCUT2D eigenvalue weighted by atomic mass is 79.9. The summed E-state index contributed by atoms with van der Waals surface area (Å²) in [5.41, 5.74) is 1.47. The van der Waals surface area contributed by atoms with Gasteiger partial charge >= 0.3 is 7.12 Å². The first kappa shape index (κ1) is 16.4. The first-order chi connectivity index (χ1) is 10.3. The molecule has 6 heteroatoms. The van der Waals surface area contributed by atoms with E-state index in [1.807, 2.05) is 6.07 Å². The van der Waals surface area contributed by atoms with Crippen LogP contribution in [0.2, 0.25) is 0 Å². The number of hydrogen-bond donors (Lipinski definition) is 0. The van der Waals surface area contributed by atoms with Crippen LogP contribution < -0.4 is 5.46 Å². The summed E-state index contributed by atoms with van der Waals surface area (Å²) in [7, 11) is -0.345. The maximum Gasteiger partial charge on any atom is 0.494 e. The van der Waals surface area contributed by atoms with E-state index in [-0.39, 0.29) is 18.3 Å². The highest BCUT2D eigenvalue weighted by molar-refractivity contribution is 9.10. The maximum absolute atomic E-state index is 6.15. The van der Waals surface area contributed by atoms with Crippen molar-refractivity contribution < 1.29 is 14.0 Å². The summed E-state index contributed by atoms with van der Waals surface area (Å²) in [4.78, 5) is 4.65. The molecule has 0 spiro atoms. The second-order valence-electron chi connectivity index (χ2n) is 7.12. The Morgan fingerprint density at radius 2 is 1.68 bits per heavy atom. The predicted octanol–water partition coefficient (Wildman–Crippen LogP) is 3.04. The Morgan fingerprint density at radius 1 is 1.09 bits per heavy atom. The lowest BCUT2D eigenvalue weighted by atomic mass is 9.78. The smallest absolute Gasteiger partial charge is 0.399 e. The van der Waals surface area contributed by atoms with Crippen molar-refractivity contribution in [1.29, 1.82) is 0 Å². The van der Waals surface area contributed by atoms with Crippen molar-refractivity contribution >= 4 is 28.5 Å². The Kier molecular flexibility index (Phi) is 4.40. The van der Waals surface area contributed by atoms with Gasteiger partial charge in [-0.2, -0.15) is 0 Å². The first-order valence-electron chi connectivity index (χ1n) is 7.89. The summed E-state index contributed by atoms with van der Waals surface area (Å²) in [6.07, 6.45) is 2.04. The number of halogens is 1. The number of hydrogen-bond acceptors (Lipinski definition) is 4. The minimum atomic E-state index is -0.345. The second-order valence-corrected chi connectivity index (χ2v) is 7.94. The Labute approximate surface area is 141 Å². The van der Waals surface area contributed by atoms with E-state index >= 15 is 0 Å². The van der Waals surface area contributed by atoms with Gasteiger partial charge in [-0.1, -0.05) is 0 Å². The summed E-state index contributed by atoms with van der Waals surface area (Å²) < 4.78 is 18.6. The van der Waals surface area contributed by atoms with E-state index in [2.05, 4.69) is 54.7 Å². The third-order valence-corrected chi connectivity index (χ3v) is 5.41. The minimum absolute atomic E-state index is 0.327. The van der Waals surface area contributed by atoms with Crippen LogP contribution in [0, 0.1) is 0 Å². The second kappa shape index (κ2) is 5.89. The molecule has 1 aromatic rings. The van der Waals surface area contributed by atoms with Crippen molar-refractivity contribution in [2.24, 2.45) is 0 Å². The fraction of sp³-hybridized carbons (Fsp3) is 0.688. The Balaban J connectivity index is 1.87. The number of rotatable bonds is 2. The predicted molar refractivity (Wildman–Crippen MR) is 90.4 cm³/mol. The number of aromatic nitrogens is 1. The standard InChI is InChI=1S/C16H23BBrNO3/c1-15(2)16(3,4)22-17(21-15)12-9-13(19-14(18)10-12)11-5-7-20-8-6-11/h9-11H,5-8H2,1-4H3. The summed E-state index contributed by atoms with van der Waals surface area (Å²) in [5, 5.41) is 0. The summed E-state index contributed by atoms with van der Waals surface area (Å²) in [6, 6.07) is 4.12. The number of pyridine rings is 1. The molecule has 22 heavy (non-hydrogen) atoms. The molecule has 0 radical (unpaired) electrons. The number of nitrogens with zero attached hydrogens (tertiary/aromatic N) is 1. The SMILES string of the molecule is CC1(C)OB(c2cc(Br)nc(C3CCOCC3)c2)OC1(C)C. The molecule has 0 atom stereocenters. The van der Waals surface area contributed by atoms with Gasteiger partial charge in [-0.05, 0) is 74.1 Å². The molecular formula is C16H23BBrNO3. The van der Waals surface area contributed by atoms with Crippen LogP contribution in [0.5, 0.6) is 0 Å². The van der Waals surface area contributed by atoms with E-state index in [0.29, 0.717) is 5.92 Å². The molecule has 3 rings (SSSR count). The molecule has 0 N–H and O–H groups in total. The Hall–Kier alpha value is -0.425. The average molecular weight is 368 g/mol. The normalized spacial score (nSPS) is 24.7. The lowest BCUT2D eigenvalue weighted by molar-refractivity contribution is 0.00578. The zero-order valence-corrected chi connectivity index (χ0v) is 15.3. The van der Waals surface area contributed by atoms with Gasteiger partial charge in [0.25, 0.3) is 0 Å². The maximum atomic E-state index is 6.15. The zero-order chi connectivity index (χ0) is 16.0. The van der Waals surface area contributed by atoms with Crippen LogP contribution in [0.15, 0.2) is 16.7 Å².